The predicted molar refractivity (Wildman–Crippen MR) is 65.7 cm³/mol. The van der Waals surface area contributed by atoms with Gasteiger partial charge >= 0.3 is 0 Å². The van der Waals surface area contributed by atoms with Crippen molar-refractivity contribution in [2.24, 2.45) is 4.99 Å². The van der Waals surface area contributed by atoms with Gasteiger partial charge in [0.25, 0.3) is 0 Å². The second-order valence-corrected chi connectivity index (χ2v) is 5.18. The molecule has 4 nitrogen and oxygen atoms in total. The molecule has 1 fully saturated rings. The Morgan fingerprint density at radius 2 is 2.18 bits per heavy atom. The highest BCUT2D eigenvalue weighted by molar-refractivity contribution is 7.12. The summed E-state index contributed by atoms with van der Waals surface area (Å²) in [6.45, 7) is 0. The Hall–Kier alpha value is -1.58. The van der Waals surface area contributed by atoms with Gasteiger partial charge in [0.15, 0.2) is 0 Å². The molecule has 0 unspecified atom stereocenters. The molecule has 0 bridgehead atoms. The van der Waals surface area contributed by atoms with Crippen LogP contribution >= 0.6 is 11.5 Å². The first kappa shape index (κ1) is 10.6. The summed E-state index contributed by atoms with van der Waals surface area (Å²) in [5.41, 5.74) is 1.60. The highest BCUT2D eigenvalue weighted by Crippen LogP contribution is 2.42. The second-order valence-electron chi connectivity index (χ2n) is 4.40. The van der Waals surface area contributed by atoms with Crippen LogP contribution in [0.2, 0.25) is 0 Å². The van der Waals surface area contributed by atoms with E-state index < -0.39 is 0 Å². The highest BCUT2D eigenvalue weighted by atomic mass is 32.1. The van der Waals surface area contributed by atoms with Gasteiger partial charge in [-0.3, -0.25) is 0 Å². The largest absolute Gasteiger partial charge is 0.235 e. The van der Waals surface area contributed by atoms with E-state index in [1.165, 1.54) is 11.5 Å². The van der Waals surface area contributed by atoms with Gasteiger partial charge < -0.3 is 0 Å². The summed E-state index contributed by atoms with van der Waals surface area (Å²) >= 11 is 1.38. The third-order valence-corrected chi connectivity index (χ3v) is 4.18. The molecule has 5 heteroatoms. The van der Waals surface area contributed by atoms with E-state index in [-0.39, 0.29) is 5.54 Å². The van der Waals surface area contributed by atoms with Gasteiger partial charge in [0.1, 0.15) is 5.52 Å². The Morgan fingerprint density at radius 3 is 2.94 bits per heavy atom. The van der Waals surface area contributed by atoms with Crippen LogP contribution in [-0.4, -0.2) is 15.7 Å². The molecule has 2 aromatic rings. The summed E-state index contributed by atoms with van der Waals surface area (Å²) in [6, 6.07) is 6.05. The minimum Gasteiger partial charge on any atom is -0.211 e. The van der Waals surface area contributed by atoms with Crippen molar-refractivity contribution in [3.05, 3.63) is 23.8 Å². The summed E-state index contributed by atoms with van der Waals surface area (Å²) in [7, 11) is 0. The monoisotopic (exact) mass is 245 g/mol. The summed E-state index contributed by atoms with van der Waals surface area (Å²) in [6.07, 6.45) is 5.80. The van der Waals surface area contributed by atoms with Gasteiger partial charge in [0.05, 0.1) is 10.2 Å². The van der Waals surface area contributed by atoms with Gasteiger partial charge in [-0.05, 0) is 42.1 Å². The van der Waals surface area contributed by atoms with Crippen molar-refractivity contribution in [1.29, 1.82) is 0 Å². The molecule has 17 heavy (non-hydrogen) atoms. The third kappa shape index (κ3) is 1.68. The molecule has 3 rings (SSSR count). The topological polar surface area (TPSA) is 55.2 Å². The summed E-state index contributed by atoms with van der Waals surface area (Å²) < 4.78 is 4.99. The standard InChI is InChI=1S/C12H11N3OS/c16-8-13-12(5-1-2-6-12)9-3-4-11-10(7-9)14-15-17-11/h3-4,7H,1-2,5-6H2. The smallest absolute Gasteiger partial charge is 0.211 e. The van der Waals surface area contributed by atoms with Crippen LogP contribution in [0.3, 0.4) is 0 Å². The first-order valence-electron chi connectivity index (χ1n) is 5.66. The van der Waals surface area contributed by atoms with Crippen LogP contribution in [-0.2, 0) is 10.3 Å². The highest BCUT2D eigenvalue weighted by Gasteiger charge is 2.35. The number of hydrogen-bond acceptors (Lipinski definition) is 5. The number of carbonyl (C=O) groups excluding carboxylic acids is 1. The fraction of sp³-hybridized carbons (Fsp3) is 0.417. The van der Waals surface area contributed by atoms with E-state index in [4.69, 9.17) is 0 Å². The molecule has 0 saturated heterocycles. The Labute approximate surface area is 103 Å². The fourth-order valence-corrected chi connectivity index (χ4v) is 3.12. The average molecular weight is 245 g/mol. The maximum Gasteiger partial charge on any atom is 0.235 e. The van der Waals surface area contributed by atoms with Crippen LogP contribution in [0.25, 0.3) is 10.2 Å². The van der Waals surface area contributed by atoms with Gasteiger partial charge in [-0.25, -0.2) is 4.79 Å². The average Bonchev–Trinajstić information content (AvgIpc) is 2.96. The zero-order valence-electron chi connectivity index (χ0n) is 9.22. The molecular weight excluding hydrogens is 234 g/mol. The maximum absolute atomic E-state index is 10.6. The van der Waals surface area contributed by atoms with E-state index >= 15 is 0 Å². The quantitative estimate of drug-likeness (QED) is 0.604. The van der Waals surface area contributed by atoms with Crippen LogP contribution in [0.4, 0.5) is 0 Å². The SMILES string of the molecule is O=C=NC1(c2ccc3snnc3c2)CCCC1. The van der Waals surface area contributed by atoms with Crippen molar-refractivity contribution < 1.29 is 4.79 Å². The number of rotatable bonds is 2. The molecule has 0 aliphatic heterocycles. The Balaban J connectivity index is 2.14. The van der Waals surface area contributed by atoms with E-state index in [9.17, 15) is 4.79 Å². The number of hydrogen-bond donors (Lipinski definition) is 0. The van der Waals surface area contributed by atoms with Crippen molar-refractivity contribution >= 4 is 27.8 Å². The molecule has 0 spiro atoms. The van der Waals surface area contributed by atoms with Crippen molar-refractivity contribution in [3.63, 3.8) is 0 Å². The van der Waals surface area contributed by atoms with E-state index in [1.807, 2.05) is 18.2 Å². The first-order chi connectivity index (χ1) is 8.34. The number of aromatic nitrogens is 2. The molecular formula is C12H11N3OS. The van der Waals surface area contributed by atoms with Gasteiger partial charge in [-0.15, -0.1) is 5.10 Å². The molecule has 0 atom stereocenters. The molecule has 0 N–H and O–H groups in total. The number of benzene rings is 1. The number of isocyanates is 1. The summed E-state index contributed by atoms with van der Waals surface area (Å²) in [5.74, 6) is 0. The molecule has 1 heterocycles. The fourth-order valence-electron chi connectivity index (χ4n) is 2.58. The lowest BCUT2D eigenvalue weighted by atomic mass is 9.89. The molecule has 1 aliphatic rings. The van der Waals surface area contributed by atoms with Gasteiger partial charge in [-0.1, -0.05) is 23.4 Å². The van der Waals surface area contributed by atoms with E-state index in [2.05, 4.69) is 14.6 Å². The molecule has 1 aromatic carbocycles. The number of nitrogens with zero attached hydrogens (tertiary/aromatic N) is 3. The van der Waals surface area contributed by atoms with Crippen LogP contribution in [0.5, 0.6) is 0 Å². The minimum atomic E-state index is -0.362. The summed E-state index contributed by atoms with van der Waals surface area (Å²) in [5, 5.41) is 4.07. The van der Waals surface area contributed by atoms with Crippen molar-refractivity contribution in [3.8, 4) is 0 Å². The Kier molecular flexibility index (Phi) is 2.50. The van der Waals surface area contributed by atoms with Crippen molar-refractivity contribution in [1.82, 2.24) is 9.59 Å². The van der Waals surface area contributed by atoms with Crippen molar-refractivity contribution in [2.75, 3.05) is 0 Å². The van der Waals surface area contributed by atoms with Crippen LogP contribution in [0, 0.1) is 0 Å². The molecule has 1 saturated carbocycles. The van der Waals surface area contributed by atoms with E-state index in [0.29, 0.717) is 0 Å². The van der Waals surface area contributed by atoms with Gasteiger partial charge in [0, 0.05) is 0 Å². The molecule has 0 amide bonds. The molecule has 1 aliphatic carbocycles. The van der Waals surface area contributed by atoms with Crippen molar-refractivity contribution in [2.45, 2.75) is 31.2 Å². The molecule has 86 valence electrons. The maximum atomic E-state index is 10.6. The zero-order chi connectivity index (χ0) is 11.7. The van der Waals surface area contributed by atoms with Gasteiger partial charge in [0.2, 0.25) is 6.08 Å². The second kappa shape index (κ2) is 4.02. The lowest BCUT2D eigenvalue weighted by Crippen LogP contribution is -2.18. The first-order valence-corrected chi connectivity index (χ1v) is 6.43. The molecule has 1 aromatic heterocycles. The van der Waals surface area contributed by atoms with E-state index in [0.717, 1.165) is 41.5 Å². The minimum absolute atomic E-state index is 0.362. The lowest BCUT2D eigenvalue weighted by Gasteiger charge is -2.22. The zero-order valence-corrected chi connectivity index (χ0v) is 10.0. The summed E-state index contributed by atoms with van der Waals surface area (Å²) in [4.78, 5) is 14.7. The van der Waals surface area contributed by atoms with Crippen LogP contribution in [0.1, 0.15) is 31.2 Å². The number of fused-ring (bicyclic) bond motifs is 1. The number of aliphatic imine (C=N–C) groups is 1. The molecule has 0 radical (unpaired) electrons. The normalized spacial score (nSPS) is 18.1. The lowest BCUT2D eigenvalue weighted by molar-refractivity contribution is 0.456. The third-order valence-electron chi connectivity index (χ3n) is 3.47. The Morgan fingerprint density at radius 1 is 1.35 bits per heavy atom. The Bertz CT molecular complexity index is 595. The predicted octanol–water partition coefficient (Wildman–Crippen LogP) is 2.80. The van der Waals surface area contributed by atoms with E-state index in [1.54, 1.807) is 6.08 Å². The van der Waals surface area contributed by atoms with Crippen LogP contribution in [0.15, 0.2) is 23.2 Å². The van der Waals surface area contributed by atoms with Crippen LogP contribution < -0.4 is 0 Å². The van der Waals surface area contributed by atoms with Gasteiger partial charge in [-0.2, -0.15) is 4.99 Å².